The van der Waals surface area contributed by atoms with E-state index in [1.807, 2.05) is 0 Å². The van der Waals surface area contributed by atoms with Crippen LogP contribution in [0, 0.1) is 0 Å². The first kappa shape index (κ1) is 29.2. The normalized spacial score (nSPS) is 25.6. The highest BCUT2D eigenvalue weighted by Crippen LogP contribution is 2.54. The minimum Gasteiger partial charge on any atom is -0.393 e. The Morgan fingerprint density at radius 2 is 2.02 bits per heavy atom. The molecule has 4 heterocycles. The molecule has 2 aliphatic rings. The highest BCUT2D eigenvalue weighted by Gasteiger charge is 2.51. The molecule has 0 radical (unpaired) electrons. The van der Waals surface area contributed by atoms with Crippen LogP contribution in [-0.2, 0) is 20.5 Å². The highest BCUT2D eigenvalue weighted by molar-refractivity contribution is 7.53. The maximum absolute atomic E-state index is 12.4. The topological polar surface area (TPSA) is 247 Å². The molecule has 5 rings (SSSR count). The predicted octanol–water partition coefficient (Wildman–Crippen LogP) is -0.128. The minimum atomic E-state index is -5.02. The van der Waals surface area contributed by atoms with Gasteiger partial charge in [0.1, 0.15) is 24.1 Å². The maximum atomic E-state index is 12.4. The van der Waals surface area contributed by atoms with Crippen LogP contribution in [0.25, 0.3) is 11.0 Å². The van der Waals surface area contributed by atoms with Crippen LogP contribution in [0.5, 0.6) is 0 Å². The van der Waals surface area contributed by atoms with Gasteiger partial charge in [0, 0.05) is 12.5 Å². The number of rotatable bonds is 12. The molecule has 0 amide bonds. The van der Waals surface area contributed by atoms with Gasteiger partial charge in [-0.15, -0.1) is 10.2 Å². The summed E-state index contributed by atoms with van der Waals surface area (Å²) >= 11 is 6.18. The zero-order valence-electron chi connectivity index (χ0n) is 21.2. The van der Waals surface area contributed by atoms with E-state index < -0.39 is 50.7 Å². The van der Waals surface area contributed by atoms with Crippen molar-refractivity contribution in [3.8, 4) is 0 Å². The van der Waals surface area contributed by atoms with Crippen molar-refractivity contribution in [2.75, 3.05) is 18.5 Å². The summed E-state index contributed by atoms with van der Waals surface area (Å²) in [5.74, 6) is 0.825. The van der Waals surface area contributed by atoms with Gasteiger partial charge in [-0.05, 0) is 37.3 Å². The van der Waals surface area contributed by atoms with Crippen LogP contribution in [0.3, 0.4) is 0 Å². The van der Waals surface area contributed by atoms with Crippen molar-refractivity contribution < 1.29 is 39.1 Å². The molecule has 17 nitrogen and oxygen atoms in total. The molecule has 19 heteroatoms. The fraction of sp³-hybridized carbons (Fsp3) is 0.714. The van der Waals surface area contributed by atoms with E-state index >= 15 is 0 Å². The summed E-state index contributed by atoms with van der Waals surface area (Å²) in [6.45, 7) is -1.56. The van der Waals surface area contributed by atoms with Crippen molar-refractivity contribution in [2.45, 2.75) is 80.9 Å². The Hall–Kier alpha value is -2.34. The van der Waals surface area contributed by atoms with Gasteiger partial charge in [-0.3, -0.25) is 4.57 Å². The number of fused-ring (bicyclic) bond motifs is 1. The number of aliphatic hydroxyl groups is 3. The van der Waals surface area contributed by atoms with Crippen LogP contribution in [0.4, 0.5) is 5.82 Å². The number of nitrogens with one attached hydrogen (secondary N) is 2. The number of aromatic nitrogens is 8. The molecule has 7 N–H and O–H groups in total. The average molecular weight is 604 g/mol. The number of anilines is 1. The molecule has 1 unspecified atom stereocenters. The number of H-pyrrole nitrogens is 1. The van der Waals surface area contributed by atoms with Gasteiger partial charge in [0.2, 0.25) is 5.28 Å². The molecular formula is C21H31ClN9O8P. The third kappa shape index (κ3) is 5.84. The lowest BCUT2D eigenvalue weighted by Crippen LogP contribution is -2.42. The Morgan fingerprint density at radius 3 is 2.70 bits per heavy atom. The zero-order chi connectivity index (χ0) is 28.5. The van der Waals surface area contributed by atoms with Crippen LogP contribution in [0.1, 0.15) is 50.6 Å². The summed E-state index contributed by atoms with van der Waals surface area (Å²) in [6.07, 6.45) is 0.399. The van der Waals surface area contributed by atoms with Gasteiger partial charge in [0.25, 0.3) is 0 Å². The van der Waals surface area contributed by atoms with E-state index in [1.54, 1.807) is 0 Å². The summed E-state index contributed by atoms with van der Waals surface area (Å²) in [6, 6.07) is 0.238. The molecule has 0 aromatic carbocycles. The Morgan fingerprint density at radius 1 is 1.25 bits per heavy atom. The number of hydrogen-bond acceptors (Lipinski definition) is 13. The van der Waals surface area contributed by atoms with Gasteiger partial charge in [0.05, 0.1) is 24.8 Å². The largest absolute Gasteiger partial charge is 0.393 e. The second-order valence-electron chi connectivity index (χ2n) is 9.98. The third-order valence-corrected chi connectivity index (χ3v) is 9.08. The second-order valence-corrected chi connectivity index (χ2v) is 12.2. The number of aryl methyl sites for hydroxylation is 1. The first-order chi connectivity index (χ1) is 19.1. The van der Waals surface area contributed by atoms with Gasteiger partial charge in [0.15, 0.2) is 23.0 Å². The molecule has 220 valence electrons. The van der Waals surface area contributed by atoms with E-state index in [9.17, 15) is 29.7 Å². The Bertz CT molecular complexity index is 1340. The van der Waals surface area contributed by atoms with Crippen molar-refractivity contribution >= 4 is 36.0 Å². The Kier molecular flexibility index (Phi) is 8.66. The molecule has 2 fully saturated rings. The van der Waals surface area contributed by atoms with E-state index in [2.05, 4.69) is 41.0 Å². The van der Waals surface area contributed by atoms with E-state index in [0.717, 1.165) is 25.7 Å². The number of aliphatic hydroxyl groups excluding tert-OH is 3. The molecule has 1 aliphatic heterocycles. The molecule has 0 spiro atoms. The summed E-state index contributed by atoms with van der Waals surface area (Å²) in [7, 11) is -5.02. The average Bonchev–Trinajstić information content (AvgIpc) is 3.71. The molecule has 3 aromatic rings. The Balaban J connectivity index is 1.31. The quantitative estimate of drug-likeness (QED) is 0.105. The second kappa shape index (κ2) is 11.9. The summed E-state index contributed by atoms with van der Waals surface area (Å²) in [5.41, 5.74) is 0.264. The standard InChI is InChI=1S/C21H31ClN9O8P/c22-20-25-17(24-11-4-1-2-5-11)12-8-23-31(18(12)26-20)19-16(34)15(33)13(39-19)9-38-21(10-32,40(35,36)37)7-3-6-14-27-29-30-28-14/h8,11,13,15-16,19,32-34H,1-7,9-10H2,(H,24,25,26)(H2,35,36,37)(H,27,28,29,30)/t13-,15-,16-,19-,21?/m1/s1. The number of nitrogens with zero attached hydrogens (tertiary/aromatic N) is 7. The molecule has 40 heavy (non-hydrogen) atoms. The minimum absolute atomic E-state index is 0.0436. The van der Waals surface area contributed by atoms with E-state index in [1.165, 1.54) is 10.9 Å². The molecule has 1 saturated carbocycles. The number of aromatic amines is 1. The van der Waals surface area contributed by atoms with Crippen LogP contribution in [-0.4, -0.2) is 108 Å². The first-order valence-corrected chi connectivity index (χ1v) is 14.8. The van der Waals surface area contributed by atoms with E-state index in [-0.39, 0.29) is 36.2 Å². The number of halogens is 1. The summed E-state index contributed by atoms with van der Waals surface area (Å²) in [4.78, 5) is 28.6. The van der Waals surface area contributed by atoms with Crippen LogP contribution in [0.15, 0.2) is 6.20 Å². The highest BCUT2D eigenvalue weighted by atomic mass is 35.5. The Labute approximate surface area is 232 Å². The van der Waals surface area contributed by atoms with Crippen molar-refractivity contribution in [1.29, 1.82) is 0 Å². The zero-order valence-corrected chi connectivity index (χ0v) is 22.9. The van der Waals surface area contributed by atoms with Crippen LogP contribution in [0.2, 0.25) is 5.28 Å². The SMILES string of the molecule is O=P(O)(O)C(CO)(CCCc1nn[nH]n1)OC[C@H]1O[C@@H](n2ncc3c(NC4CCCC4)nc(Cl)nc32)[C@H](O)[C@@H]1O. The lowest BCUT2D eigenvalue weighted by molar-refractivity contribution is -0.112. The fourth-order valence-corrected chi connectivity index (χ4v) is 6.14. The number of hydrogen-bond donors (Lipinski definition) is 7. The van der Waals surface area contributed by atoms with Crippen LogP contribution < -0.4 is 5.32 Å². The molecular weight excluding hydrogens is 573 g/mol. The van der Waals surface area contributed by atoms with Gasteiger partial charge >= 0.3 is 7.60 Å². The van der Waals surface area contributed by atoms with Gasteiger partial charge in [-0.1, -0.05) is 18.1 Å². The van der Waals surface area contributed by atoms with Gasteiger partial charge in [-0.2, -0.15) is 20.3 Å². The molecule has 1 aliphatic carbocycles. The van der Waals surface area contributed by atoms with E-state index in [0.29, 0.717) is 17.0 Å². The predicted molar refractivity (Wildman–Crippen MR) is 137 cm³/mol. The lowest BCUT2D eigenvalue weighted by atomic mass is 10.1. The summed E-state index contributed by atoms with van der Waals surface area (Å²) < 4.78 is 25.1. The molecule has 0 bridgehead atoms. The number of tetrazole rings is 1. The molecule has 1 saturated heterocycles. The molecule has 3 aromatic heterocycles. The monoisotopic (exact) mass is 603 g/mol. The van der Waals surface area contributed by atoms with Gasteiger partial charge < -0.3 is 39.9 Å². The van der Waals surface area contributed by atoms with Crippen molar-refractivity contribution in [1.82, 2.24) is 40.4 Å². The molecule has 5 atom stereocenters. The van der Waals surface area contributed by atoms with Crippen molar-refractivity contribution in [3.05, 3.63) is 17.3 Å². The van der Waals surface area contributed by atoms with Crippen molar-refractivity contribution in [3.63, 3.8) is 0 Å². The van der Waals surface area contributed by atoms with E-state index in [4.69, 9.17) is 21.1 Å². The maximum Gasteiger partial charge on any atom is 0.359 e. The lowest BCUT2D eigenvalue weighted by Gasteiger charge is -2.33. The van der Waals surface area contributed by atoms with Crippen LogP contribution >= 0.6 is 19.2 Å². The number of ether oxygens (including phenoxy) is 2. The third-order valence-electron chi connectivity index (χ3n) is 7.35. The first-order valence-electron chi connectivity index (χ1n) is 12.8. The summed E-state index contributed by atoms with van der Waals surface area (Å²) in [5, 5.41) is 50.7. The van der Waals surface area contributed by atoms with Gasteiger partial charge in [-0.25, -0.2) is 4.68 Å². The fourth-order valence-electron chi connectivity index (χ4n) is 5.09. The smallest absolute Gasteiger partial charge is 0.359 e. The van der Waals surface area contributed by atoms with Crippen molar-refractivity contribution in [2.24, 2.45) is 0 Å².